The number of rotatable bonds is 1. The van der Waals surface area contributed by atoms with E-state index in [4.69, 9.17) is 34.8 Å². The average molecular weight is 343 g/mol. The summed E-state index contributed by atoms with van der Waals surface area (Å²) in [4.78, 5) is 22.7. The maximum atomic E-state index is 12.2. The van der Waals surface area contributed by atoms with Crippen molar-refractivity contribution in [3.8, 4) is 16.9 Å². The van der Waals surface area contributed by atoms with Crippen molar-refractivity contribution in [2.75, 3.05) is 0 Å². The third-order valence-electron chi connectivity index (χ3n) is 2.88. The first kappa shape index (κ1) is 14.1. The summed E-state index contributed by atoms with van der Waals surface area (Å²) < 4.78 is 0. The molecule has 0 atom stereocenters. The fourth-order valence-electron chi connectivity index (χ4n) is 1.99. The third-order valence-corrected chi connectivity index (χ3v) is 3.90. The van der Waals surface area contributed by atoms with Gasteiger partial charge in [0.1, 0.15) is 5.52 Å². The molecule has 8 heteroatoms. The fourth-order valence-corrected chi connectivity index (χ4v) is 2.68. The Labute approximate surface area is 133 Å². The van der Waals surface area contributed by atoms with Crippen LogP contribution in [-0.2, 0) is 0 Å². The summed E-state index contributed by atoms with van der Waals surface area (Å²) in [7, 11) is 0. The molecular weight excluding hydrogens is 337 g/mol. The van der Waals surface area contributed by atoms with Gasteiger partial charge in [0, 0.05) is 23.0 Å². The Morgan fingerprint density at radius 2 is 1.81 bits per heavy atom. The van der Waals surface area contributed by atoms with Crippen LogP contribution >= 0.6 is 34.8 Å². The van der Waals surface area contributed by atoms with Crippen molar-refractivity contribution in [1.82, 2.24) is 15.0 Å². The van der Waals surface area contributed by atoms with Crippen molar-refractivity contribution < 1.29 is 5.11 Å². The number of aromatic hydroxyl groups is 1. The molecule has 0 saturated heterocycles. The summed E-state index contributed by atoms with van der Waals surface area (Å²) in [6.45, 7) is 0. The number of benzene rings is 1. The van der Waals surface area contributed by atoms with Crippen LogP contribution in [0.3, 0.4) is 0 Å². The molecule has 0 unspecified atom stereocenters. The number of aromatic amines is 1. The zero-order valence-electron chi connectivity index (χ0n) is 10.2. The molecule has 0 saturated carbocycles. The van der Waals surface area contributed by atoms with E-state index in [-0.39, 0.29) is 43.1 Å². The molecule has 21 heavy (non-hydrogen) atoms. The van der Waals surface area contributed by atoms with Crippen molar-refractivity contribution in [2.45, 2.75) is 0 Å². The third kappa shape index (κ3) is 2.33. The van der Waals surface area contributed by atoms with Crippen LogP contribution in [0.5, 0.6) is 5.75 Å². The second kappa shape index (κ2) is 5.18. The van der Waals surface area contributed by atoms with Gasteiger partial charge in [0.05, 0.1) is 15.6 Å². The summed E-state index contributed by atoms with van der Waals surface area (Å²) in [6, 6.07) is 2.89. The molecule has 0 amide bonds. The zero-order chi connectivity index (χ0) is 15.1. The Morgan fingerprint density at radius 1 is 1.10 bits per heavy atom. The normalized spacial score (nSPS) is 11.0. The summed E-state index contributed by atoms with van der Waals surface area (Å²) in [5.41, 5.74) is -0.0779. The van der Waals surface area contributed by atoms with Gasteiger partial charge in [0.25, 0.3) is 5.56 Å². The van der Waals surface area contributed by atoms with E-state index in [9.17, 15) is 9.90 Å². The number of hydrogen-bond donors (Lipinski definition) is 2. The molecular formula is C13H6Cl3N3O2. The number of halogens is 3. The van der Waals surface area contributed by atoms with Gasteiger partial charge in [-0.1, -0.05) is 34.8 Å². The van der Waals surface area contributed by atoms with E-state index < -0.39 is 5.56 Å². The number of nitrogens with one attached hydrogen (secondary N) is 1. The van der Waals surface area contributed by atoms with Crippen LogP contribution in [-0.4, -0.2) is 20.1 Å². The van der Waals surface area contributed by atoms with Crippen LogP contribution < -0.4 is 5.56 Å². The van der Waals surface area contributed by atoms with Crippen LogP contribution in [0.4, 0.5) is 0 Å². The second-order valence-electron chi connectivity index (χ2n) is 4.18. The molecule has 0 spiro atoms. The molecule has 2 heterocycles. The SMILES string of the molecule is O=c1[nH]c2nccnc2c(O)c1-c1cc(Cl)cc(Cl)c1Cl. The van der Waals surface area contributed by atoms with E-state index in [1.54, 1.807) is 0 Å². The number of nitrogens with zero attached hydrogens (tertiary/aromatic N) is 2. The summed E-state index contributed by atoms with van der Waals surface area (Å²) in [5.74, 6) is -0.331. The van der Waals surface area contributed by atoms with E-state index in [1.807, 2.05) is 0 Å². The highest BCUT2D eigenvalue weighted by Gasteiger charge is 2.19. The Kier molecular flexibility index (Phi) is 3.49. The van der Waals surface area contributed by atoms with E-state index >= 15 is 0 Å². The standard InChI is InChI=1S/C13H6Cl3N3O2/c14-5-3-6(9(16)7(15)4-5)8-11(20)10-12(19-13(8)21)18-2-1-17-10/h1-4H,(H2,18,19,20,21). The first-order valence-corrected chi connectivity index (χ1v) is 6.83. The predicted molar refractivity (Wildman–Crippen MR) is 82.3 cm³/mol. The Balaban J connectivity index is 2.44. The molecule has 0 aliphatic heterocycles. The molecule has 3 rings (SSSR count). The zero-order valence-corrected chi connectivity index (χ0v) is 12.5. The first-order chi connectivity index (χ1) is 9.99. The average Bonchev–Trinajstić information content (AvgIpc) is 2.44. The number of H-pyrrole nitrogens is 1. The lowest BCUT2D eigenvalue weighted by atomic mass is 10.1. The minimum absolute atomic E-state index is 0.0580. The predicted octanol–water partition coefficient (Wildman–Crippen LogP) is 3.65. The maximum Gasteiger partial charge on any atom is 0.261 e. The van der Waals surface area contributed by atoms with E-state index in [0.29, 0.717) is 0 Å². The van der Waals surface area contributed by atoms with Crippen molar-refractivity contribution in [1.29, 1.82) is 0 Å². The molecule has 2 aromatic heterocycles. The van der Waals surface area contributed by atoms with E-state index in [2.05, 4.69) is 15.0 Å². The second-order valence-corrected chi connectivity index (χ2v) is 5.40. The molecule has 0 radical (unpaired) electrons. The lowest BCUT2D eigenvalue weighted by Gasteiger charge is -2.09. The van der Waals surface area contributed by atoms with Crippen molar-refractivity contribution in [2.24, 2.45) is 0 Å². The smallest absolute Gasteiger partial charge is 0.261 e. The topological polar surface area (TPSA) is 78.9 Å². The van der Waals surface area contributed by atoms with Gasteiger partial charge in [0.2, 0.25) is 0 Å². The highest BCUT2D eigenvalue weighted by molar-refractivity contribution is 6.45. The monoisotopic (exact) mass is 341 g/mol. The van der Waals surface area contributed by atoms with Gasteiger partial charge in [0.15, 0.2) is 11.4 Å². The summed E-state index contributed by atoms with van der Waals surface area (Å²) >= 11 is 18.0. The quantitative estimate of drug-likeness (QED) is 0.662. The molecule has 2 N–H and O–H groups in total. The van der Waals surface area contributed by atoms with Gasteiger partial charge < -0.3 is 10.1 Å². The van der Waals surface area contributed by atoms with Gasteiger partial charge in [-0.25, -0.2) is 9.97 Å². The Bertz CT molecular complexity index is 924. The van der Waals surface area contributed by atoms with Crippen molar-refractivity contribution in [3.63, 3.8) is 0 Å². The Hall–Kier alpha value is -1.82. The molecule has 1 aromatic carbocycles. The first-order valence-electron chi connectivity index (χ1n) is 5.70. The van der Waals surface area contributed by atoms with Crippen LogP contribution in [0.2, 0.25) is 15.1 Å². The molecule has 3 aromatic rings. The van der Waals surface area contributed by atoms with Crippen molar-refractivity contribution >= 4 is 46.0 Å². The van der Waals surface area contributed by atoms with Crippen LogP contribution in [0, 0.1) is 0 Å². The molecule has 0 aliphatic rings. The van der Waals surface area contributed by atoms with Gasteiger partial charge in [-0.2, -0.15) is 0 Å². The Morgan fingerprint density at radius 3 is 2.57 bits per heavy atom. The van der Waals surface area contributed by atoms with Gasteiger partial charge in [-0.3, -0.25) is 4.79 Å². The van der Waals surface area contributed by atoms with Gasteiger partial charge in [-0.05, 0) is 12.1 Å². The number of pyridine rings is 1. The van der Waals surface area contributed by atoms with E-state index in [0.717, 1.165) is 0 Å². The van der Waals surface area contributed by atoms with Crippen LogP contribution in [0.15, 0.2) is 29.3 Å². The highest BCUT2D eigenvalue weighted by atomic mass is 35.5. The minimum atomic E-state index is -0.569. The maximum absolute atomic E-state index is 12.2. The molecule has 5 nitrogen and oxygen atoms in total. The fraction of sp³-hybridized carbons (Fsp3) is 0. The lowest BCUT2D eigenvalue weighted by Crippen LogP contribution is -2.11. The molecule has 0 fully saturated rings. The minimum Gasteiger partial charge on any atom is -0.505 e. The summed E-state index contributed by atoms with van der Waals surface area (Å²) in [5, 5.41) is 10.9. The molecule has 0 bridgehead atoms. The van der Waals surface area contributed by atoms with Crippen LogP contribution in [0.1, 0.15) is 0 Å². The van der Waals surface area contributed by atoms with Gasteiger partial charge in [-0.15, -0.1) is 0 Å². The van der Waals surface area contributed by atoms with Crippen LogP contribution in [0.25, 0.3) is 22.3 Å². The number of fused-ring (bicyclic) bond motifs is 1. The summed E-state index contributed by atoms with van der Waals surface area (Å²) in [6.07, 6.45) is 2.80. The lowest BCUT2D eigenvalue weighted by molar-refractivity contribution is 0.481. The van der Waals surface area contributed by atoms with E-state index in [1.165, 1.54) is 24.5 Å². The van der Waals surface area contributed by atoms with Crippen molar-refractivity contribution in [3.05, 3.63) is 49.9 Å². The largest absolute Gasteiger partial charge is 0.505 e. The molecule has 106 valence electrons. The molecule has 0 aliphatic carbocycles. The van der Waals surface area contributed by atoms with Gasteiger partial charge >= 0.3 is 0 Å². The highest BCUT2D eigenvalue weighted by Crippen LogP contribution is 2.39. The number of aromatic nitrogens is 3. The number of hydrogen-bond acceptors (Lipinski definition) is 4.